The molecule has 0 heterocycles. The molecule has 1 nitrogen and oxygen atoms in total. The molecule has 0 bridgehead atoms. The van der Waals surface area contributed by atoms with Gasteiger partial charge in [0.2, 0.25) is 0 Å². The Kier molecular flexibility index (Phi) is 12.5. The molecule has 0 aromatic rings. The number of hydrogen-bond acceptors (Lipinski definition) is 1. The van der Waals surface area contributed by atoms with Crippen LogP contribution in [0.5, 0.6) is 0 Å². The molecule has 0 rings (SSSR count). The van der Waals surface area contributed by atoms with Crippen molar-refractivity contribution in [1.29, 1.82) is 0 Å². The highest BCUT2D eigenvalue weighted by molar-refractivity contribution is 4.68. The first kappa shape index (κ1) is 15.7. The van der Waals surface area contributed by atoms with Gasteiger partial charge >= 0.3 is 0 Å². The molecule has 1 heteroatoms. The second-order valence-corrected chi connectivity index (χ2v) is 4.69. The van der Waals surface area contributed by atoms with Crippen LogP contribution in [0, 0.1) is 0 Å². The molecule has 0 saturated carbocycles. The normalized spacial score (nSPS) is 10.9. The maximum Gasteiger partial charge on any atom is -0.00158 e. The molecule has 0 atom stereocenters. The molecular weight excluding hydrogens is 194 g/mol. The van der Waals surface area contributed by atoms with Crippen molar-refractivity contribution >= 4 is 0 Å². The summed E-state index contributed by atoms with van der Waals surface area (Å²) in [5, 5.41) is 0. The average molecular weight is 225 g/mol. The number of hydrogen-bond donors (Lipinski definition) is 0. The molecule has 0 N–H and O–H groups in total. The van der Waals surface area contributed by atoms with Gasteiger partial charge in [0.15, 0.2) is 0 Å². The number of unbranched alkanes of at least 4 members (excludes halogenated alkanes) is 5. The Morgan fingerprint density at radius 3 is 1.75 bits per heavy atom. The summed E-state index contributed by atoms with van der Waals surface area (Å²) in [7, 11) is 0. The summed E-state index contributed by atoms with van der Waals surface area (Å²) < 4.78 is 0. The van der Waals surface area contributed by atoms with Crippen LogP contribution < -0.4 is 0 Å². The van der Waals surface area contributed by atoms with Crippen LogP contribution in [0.15, 0.2) is 12.7 Å². The first-order valence-corrected chi connectivity index (χ1v) is 7.18. The van der Waals surface area contributed by atoms with E-state index in [0.29, 0.717) is 0 Å². The van der Waals surface area contributed by atoms with Gasteiger partial charge < -0.3 is 4.90 Å². The van der Waals surface area contributed by atoms with E-state index in [-0.39, 0.29) is 0 Å². The van der Waals surface area contributed by atoms with Gasteiger partial charge in [-0.2, -0.15) is 0 Å². The van der Waals surface area contributed by atoms with Gasteiger partial charge in [0.05, 0.1) is 0 Å². The van der Waals surface area contributed by atoms with E-state index in [1.807, 2.05) is 6.08 Å². The van der Waals surface area contributed by atoms with E-state index in [2.05, 4.69) is 25.3 Å². The summed E-state index contributed by atoms with van der Waals surface area (Å²) in [5.74, 6) is 0. The van der Waals surface area contributed by atoms with Crippen LogP contribution in [0.25, 0.3) is 0 Å². The molecule has 0 aromatic carbocycles. The van der Waals surface area contributed by atoms with E-state index in [1.165, 1.54) is 64.6 Å². The fraction of sp³-hybridized carbons (Fsp3) is 0.867. The molecule has 0 aliphatic carbocycles. The Balaban J connectivity index is 3.62. The highest BCUT2D eigenvalue weighted by atomic mass is 15.1. The van der Waals surface area contributed by atoms with Crippen LogP contribution in [0.3, 0.4) is 0 Å². The van der Waals surface area contributed by atoms with Crippen molar-refractivity contribution in [1.82, 2.24) is 4.90 Å². The molecule has 16 heavy (non-hydrogen) atoms. The number of allylic oxidation sites excluding steroid dienone is 1. The zero-order valence-corrected chi connectivity index (χ0v) is 11.5. The summed E-state index contributed by atoms with van der Waals surface area (Å²) in [6.07, 6.45) is 12.6. The van der Waals surface area contributed by atoms with Crippen LogP contribution >= 0.6 is 0 Å². The summed E-state index contributed by atoms with van der Waals surface area (Å²) in [4.78, 5) is 2.65. The van der Waals surface area contributed by atoms with Crippen LogP contribution in [0.4, 0.5) is 0 Å². The molecule has 0 amide bonds. The standard InChI is InChI=1S/C15H31N/c1-4-7-10-13-16(14-11-8-5-2)15-12-9-6-3/h4H,1,5-15H2,2-3H3. The van der Waals surface area contributed by atoms with Gasteiger partial charge in [-0.15, -0.1) is 6.58 Å². The molecule has 0 aliphatic heterocycles. The van der Waals surface area contributed by atoms with Crippen LogP contribution in [-0.2, 0) is 0 Å². The summed E-state index contributed by atoms with van der Waals surface area (Å²) in [5.41, 5.74) is 0. The molecule has 0 spiro atoms. The summed E-state index contributed by atoms with van der Waals surface area (Å²) in [6.45, 7) is 12.2. The topological polar surface area (TPSA) is 3.24 Å². The number of rotatable bonds is 12. The van der Waals surface area contributed by atoms with E-state index in [9.17, 15) is 0 Å². The smallest absolute Gasteiger partial charge is 0.00158 e. The third kappa shape index (κ3) is 10.2. The Morgan fingerprint density at radius 1 is 0.812 bits per heavy atom. The largest absolute Gasteiger partial charge is 0.303 e. The van der Waals surface area contributed by atoms with Crippen molar-refractivity contribution < 1.29 is 0 Å². The van der Waals surface area contributed by atoms with E-state index in [4.69, 9.17) is 0 Å². The third-order valence-electron chi connectivity index (χ3n) is 3.04. The SMILES string of the molecule is C=CCCCN(CCCCC)CCCCC. The Bertz CT molecular complexity index is 132. The minimum atomic E-state index is 1.16. The Labute approximate surface area is 103 Å². The quantitative estimate of drug-likeness (QED) is 0.345. The van der Waals surface area contributed by atoms with Crippen LogP contribution in [0.2, 0.25) is 0 Å². The van der Waals surface area contributed by atoms with E-state index in [1.54, 1.807) is 0 Å². The lowest BCUT2D eigenvalue weighted by molar-refractivity contribution is 0.259. The zero-order valence-electron chi connectivity index (χ0n) is 11.5. The van der Waals surface area contributed by atoms with Gasteiger partial charge in [-0.3, -0.25) is 0 Å². The lowest BCUT2D eigenvalue weighted by Crippen LogP contribution is -2.27. The minimum absolute atomic E-state index is 1.16. The Hall–Kier alpha value is -0.300. The van der Waals surface area contributed by atoms with Gasteiger partial charge in [0, 0.05) is 0 Å². The molecule has 96 valence electrons. The Morgan fingerprint density at radius 2 is 1.31 bits per heavy atom. The first-order chi connectivity index (χ1) is 7.85. The third-order valence-corrected chi connectivity index (χ3v) is 3.04. The monoisotopic (exact) mass is 225 g/mol. The van der Waals surface area contributed by atoms with Crippen molar-refractivity contribution in [3.63, 3.8) is 0 Å². The maximum atomic E-state index is 3.79. The average Bonchev–Trinajstić information content (AvgIpc) is 2.29. The van der Waals surface area contributed by atoms with Crippen molar-refractivity contribution in [2.45, 2.75) is 65.2 Å². The van der Waals surface area contributed by atoms with E-state index in [0.717, 1.165) is 6.42 Å². The maximum absolute atomic E-state index is 3.79. The molecule has 0 aliphatic rings. The lowest BCUT2D eigenvalue weighted by atomic mass is 10.2. The van der Waals surface area contributed by atoms with Crippen molar-refractivity contribution in [3.05, 3.63) is 12.7 Å². The van der Waals surface area contributed by atoms with Crippen molar-refractivity contribution in [2.24, 2.45) is 0 Å². The molecule has 0 saturated heterocycles. The van der Waals surface area contributed by atoms with Gasteiger partial charge in [-0.1, -0.05) is 45.6 Å². The van der Waals surface area contributed by atoms with Crippen LogP contribution in [0.1, 0.15) is 65.2 Å². The highest BCUT2D eigenvalue weighted by Crippen LogP contribution is 2.04. The molecular formula is C15H31N. The highest BCUT2D eigenvalue weighted by Gasteiger charge is 2.03. The zero-order chi connectivity index (χ0) is 12.1. The molecule has 0 aromatic heterocycles. The summed E-state index contributed by atoms with van der Waals surface area (Å²) >= 11 is 0. The second-order valence-electron chi connectivity index (χ2n) is 4.69. The van der Waals surface area contributed by atoms with Gasteiger partial charge in [0.1, 0.15) is 0 Å². The van der Waals surface area contributed by atoms with Gasteiger partial charge in [-0.05, 0) is 45.3 Å². The van der Waals surface area contributed by atoms with Crippen molar-refractivity contribution in [3.8, 4) is 0 Å². The fourth-order valence-corrected chi connectivity index (χ4v) is 1.97. The van der Waals surface area contributed by atoms with E-state index < -0.39 is 0 Å². The molecule has 0 unspecified atom stereocenters. The fourth-order valence-electron chi connectivity index (χ4n) is 1.97. The predicted octanol–water partition coefficient (Wildman–Crippen LogP) is 4.64. The van der Waals surface area contributed by atoms with Gasteiger partial charge in [0.25, 0.3) is 0 Å². The first-order valence-electron chi connectivity index (χ1n) is 7.18. The minimum Gasteiger partial charge on any atom is -0.303 e. The van der Waals surface area contributed by atoms with E-state index >= 15 is 0 Å². The predicted molar refractivity (Wildman–Crippen MR) is 74.9 cm³/mol. The van der Waals surface area contributed by atoms with Gasteiger partial charge in [-0.25, -0.2) is 0 Å². The lowest BCUT2D eigenvalue weighted by Gasteiger charge is -2.21. The molecule has 0 fully saturated rings. The summed E-state index contributed by atoms with van der Waals surface area (Å²) in [6, 6.07) is 0. The van der Waals surface area contributed by atoms with Crippen molar-refractivity contribution in [2.75, 3.05) is 19.6 Å². The second kappa shape index (κ2) is 12.8. The molecule has 0 radical (unpaired) electrons. The number of nitrogens with zero attached hydrogens (tertiary/aromatic N) is 1. The van der Waals surface area contributed by atoms with Crippen LogP contribution in [-0.4, -0.2) is 24.5 Å².